The van der Waals surface area contributed by atoms with E-state index in [0.717, 1.165) is 32.2 Å². The van der Waals surface area contributed by atoms with Gasteiger partial charge in [0.25, 0.3) is 0 Å². The van der Waals surface area contributed by atoms with Crippen LogP contribution in [0.4, 0.5) is 4.39 Å². The molecular weight excluding hydrogens is 313 g/mol. The second kappa shape index (κ2) is 6.74. The molecule has 2 nitrogen and oxygen atoms in total. The summed E-state index contributed by atoms with van der Waals surface area (Å²) in [6.45, 7) is 0.819. The van der Waals surface area contributed by atoms with E-state index in [2.05, 4.69) is 41.3 Å². The number of halogens is 1. The number of nitrogens with zero attached hydrogens (tertiary/aromatic N) is 1. The van der Waals surface area contributed by atoms with Crippen LogP contribution in [0.25, 0.3) is 0 Å². The predicted octanol–water partition coefficient (Wildman–Crippen LogP) is 4.61. The van der Waals surface area contributed by atoms with Crippen molar-refractivity contribution < 1.29 is 9.50 Å². The molecule has 1 aliphatic heterocycles. The lowest BCUT2D eigenvalue weighted by molar-refractivity contribution is 0.0189. The highest BCUT2D eigenvalue weighted by Crippen LogP contribution is 2.46. The molecule has 4 rings (SSSR count). The standard InChI is InChI=1S/C22H24FNO/c23-19-10-6-9-18(15-19)21(25)20-11-14-22(12-4-5-13-22)24(20)16-17-7-2-1-3-8-17/h1-10,15,20-21,25H,11-14,16H2/t20-,21-/m1/s1. The van der Waals surface area contributed by atoms with E-state index >= 15 is 0 Å². The van der Waals surface area contributed by atoms with Gasteiger partial charge in [-0.2, -0.15) is 0 Å². The summed E-state index contributed by atoms with van der Waals surface area (Å²) in [5.41, 5.74) is 2.03. The third-order valence-corrected chi connectivity index (χ3v) is 5.83. The van der Waals surface area contributed by atoms with Crippen LogP contribution in [0.3, 0.4) is 0 Å². The SMILES string of the molecule is O[C@H](c1cccc(F)c1)[C@H]1CCC2(CC=CC2)N1Cc1ccccc1. The first kappa shape index (κ1) is 16.5. The molecule has 2 aromatic carbocycles. The maximum absolute atomic E-state index is 13.6. The maximum Gasteiger partial charge on any atom is 0.123 e. The number of hydrogen-bond donors (Lipinski definition) is 1. The van der Waals surface area contributed by atoms with Crippen molar-refractivity contribution in [3.05, 3.63) is 83.7 Å². The van der Waals surface area contributed by atoms with E-state index in [1.165, 1.54) is 17.7 Å². The Balaban J connectivity index is 1.63. The fraction of sp³-hybridized carbons (Fsp3) is 0.364. The Morgan fingerprint density at radius 3 is 2.56 bits per heavy atom. The van der Waals surface area contributed by atoms with Crippen molar-refractivity contribution in [2.45, 2.75) is 49.9 Å². The Kier molecular flexibility index (Phi) is 4.45. The fourth-order valence-corrected chi connectivity index (χ4v) is 4.50. The molecule has 0 unspecified atom stereocenters. The zero-order chi connectivity index (χ0) is 17.3. The first-order chi connectivity index (χ1) is 12.2. The molecule has 3 heteroatoms. The highest BCUT2D eigenvalue weighted by atomic mass is 19.1. The first-order valence-electron chi connectivity index (χ1n) is 9.07. The van der Waals surface area contributed by atoms with Gasteiger partial charge in [0.05, 0.1) is 6.10 Å². The summed E-state index contributed by atoms with van der Waals surface area (Å²) in [6.07, 6.45) is 7.93. The van der Waals surface area contributed by atoms with Crippen LogP contribution in [-0.2, 0) is 6.54 Å². The monoisotopic (exact) mass is 337 g/mol. The second-order valence-electron chi connectivity index (χ2n) is 7.32. The number of likely N-dealkylation sites (tertiary alicyclic amines) is 1. The summed E-state index contributed by atoms with van der Waals surface area (Å²) in [6, 6.07) is 16.8. The number of aliphatic hydroxyl groups excluding tert-OH is 1. The van der Waals surface area contributed by atoms with Gasteiger partial charge in [0.2, 0.25) is 0 Å². The molecular formula is C22H24FNO. The third-order valence-electron chi connectivity index (χ3n) is 5.83. The molecule has 1 N–H and O–H groups in total. The van der Waals surface area contributed by atoms with Gasteiger partial charge in [-0.3, -0.25) is 4.90 Å². The Bertz CT molecular complexity index is 750. The molecule has 0 saturated carbocycles. The van der Waals surface area contributed by atoms with E-state index in [4.69, 9.17) is 0 Å². The van der Waals surface area contributed by atoms with Crippen molar-refractivity contribution in [2.24, 2.45) is 0 Å². The third kappa shape index (κ3) is 3.14. The van der Waals surface area contributed by atoms with E-state index < -0.39 is 6.10 Å². The van der Waals surface area contributed by atoms with Crippen LogP contribution in [0.2, 0.25) is 0 Å². The molecule has 130 valence electrons. The highest BCUT2D eigenvalue weighted by molar-refractivity contribution is 5.24. The topological polar surface area (TPSA) is 23.5 Å². The van der Waals surface area contributed by atoms with Gasteiger partial charge in [0, 0.05) is 18.1 Å². The quantitative estimate of drug-likeness (QED) is 0.824. The summed E-state index contributed by atoms with van der Waals surface area (Å²) < 4.78 is 13.6. The van der Waals surface area contributed by atoms with Gasteiger partial charge in [0.1, 0.15) is 5.82 Å². The molecule has 1 aliphatic carbocycles. The van der Waals surface area contributed by atoms with E-state index in [1.807, 2.05) is 12.1 Å². The predicted molar refractivity (Wildman–Crippen MR) is 97.5 cm³/mol. The summed E-state index contributed by atoms with van der Waals surface area (Å²) in [5, 5.41) is 11.0. The fourth-order valence-electron chi connectivity index (χ4n) is 4.50. The van der Waals surface area contributed by atoms with Gasteiger partial charge in [-0.15, -0.1) is 0 Å². The minimum atomic E-state index is -0.667. The van der Waals surface area contributed by atoms with Crippen molar-refractivity contribution in [3.8, 4) is 0 Å². The smallest absolute Gasteiger partial charge is 0.123 e. The van der Waals surface area contributed by atoms with Crippen LogP contribution >= 0.6 is 0 Å². The number of hydrogen-bond acceptors (Lipinski definition) is 2. The van der Waals surface area contributed by atoms with Gasteiger partial charge in [-0.25, -0.2) is 4.39 Å². The number of aliphatic hydroxyl groups is 1. The molecule has 2 aromatic rings. The van der Waals surface area contributed by atoms with Crippen LogP contribution in [0.5, 0.6) is 0 Å². The minimum absolute atomic E-state index is 0.0157. The molecule has 0 radical (unpaired) electrons. The molecule has 1 spiro atoms. The number of benzene rings is 2. The van der Waals surface area contributed by atoms with E-state index in [9.17, 15) is 9.50 Å². The van der Waals surface area contributed by atoms with E-state index in [0.29, 0.717) is 5.56 Å². The molecule has 1 fully saturated rings. The summed E-state index contributed by atoms with van der Waals surface area (Å²) in [7, 11) is 0. The average molecular weight is 337 g/mol. The van der Waals surface area contributed by atoms with Crippen LogP contribution in [0.15, 0.2) is 66.7 Å². The lowest BCUT2D eigenvalue weighted by Gasteiger charge is -2.40. The van der Waals surface area contributed by atoms with Gasteiger partial charge in [-0.1, -0.05) is 54.6 Å². The Morgan fingerprint density at radius 1 is 1.08 bits per heavy atom. The minimum Gasteiger partial charge on any atom is -0.387 e. The van der Waals surface area contributed by atoms with Crippen LogP contribution < -0.4 is 0 Å². The summed E-state index contributed by atoms with van der Waals surface area (Å²) in [4.78, 5) is 2.47. The molecule has 1 saturated heterocycles. The maximum atomic E-state index is 13.6. The van der Waals surface area contributed by atoms with Crippen molar-refractivity contribution in [2.75, 3.05) is 0 Å². The summed E-state index contributed by atoms with van der Waals surface area (Å²) in [5.74, 6) is -0.290. The average Bonchev–Trinajstić information content (AvgIpc) is 3.24. The molecule has 0 bridgehead atoms. The van der Waals surface area contributed by atoms with Crippen LogP contribution in [0.1, 0.15) is 42.9 Å². The van der Waals surface area contributed by atoms with Crippen molar-refractivity contribution in [1.82, 2.24) is 4.90 Å². The van der Waals surface area contributed by atoms with Gasteiger partial charge >= 0.3 is 0 Å². The molecule has 0 amide bonds. The lowest BCUT2D eigenvalue weighted by atomic mass is 9.93. The van der Waals surface area contributed by atoms with Crippen molar-refractivity contribution >= 4 is 0 Å². The molecule has 2 aliphatic rings. The second-order valence-corrected chi connectivity index (χ2v) is 7.32. The van der Waals surface area contributed by atoms with Gasteiger partial charge < -0.3 is 5.11 Å². The van der Waals surface area contributed by atoms with Crippen LogP contribution in [0, 0.1) is 5.82 Å². The van der Waals surface area contributed by atoms with Gasteiger partial charge in [0.15, 0.2) is 0 Å². The number of rotatable bonds is 4. The Morgan fingerprint density at radius 2 is 1.84 bits per heavy atom. The Hall–Kier alpha value is -1.97. The zero-order valence-corrected chi connectivity index (χ0v) is 14.3. The van der Waals surface area contributed by atoms with Crippen molar-refractivity contribution in [3.63, 3.8) is 0 Å². The van der Waals surface area contributed by atoms with Gasteiger partial charge in [-0.05, 0) is 48.9 Å². The molecule has 1 heterocycles. The first-order valence-corrected chi connectivity index (χ1v) is 9.07. The molecule has 0 aromatic heterocycles. The normalized spacial score (nSPS) is 23.4. The van der Waals surface area contributed by atoms with E-state index in [-0.39, 0.29) is 17.4 Å². The highest BCUT2D eigenvalue weighted by Gasteiger charge is 2.48. The summed E-state index contributed by atoms with van der Waals surface area (Å²) >= 11 is 0. The lowest BCUT2D eigenvalue weighted by Crippen LogP contribution is -2.47. The Labute approximate surface area is 148 Å². The van der Waals surface area contributed by atoms with Crippen LogP contribution in [-0.4, -0.2) is 21.6 Å². The molecule has 2 atom stereocenters. The largest absolute Gasteiger partial charge is 0.387 e. The van der Waals surface area contributed by atoms with E-state index in [1.54, 1.807) is 6.07 Å². The zero-order valence-electron chi connectivity index (χ0n) is 14.3. The van der Waals surface area contributed by atoms with Crippen molar-refractivity contribution in [1.29, 1.82) is 0 Å². The molecule has 25 heavy (non-hydrogen) atoms.